The first kappa shape index (κ1) is 18.7. The third-order valence-electron chi connectivity index (χ3n) is 2.76. The highest BCUT2D eigenvalue weighted by Gasteiger charge is 2.26. The van der Waals surface area contributed by atoms with Gasteiger partial charge in [-0.05, 0) is 17.7 Å². The van der Waals surface area contributed by atoms with Gasteiger partial charge in [-0.25, -0.2) is 16.8 Å². The molecule has 1 rings (SSSR count). The van der Waals surface area contributed by atoms with Crippen LogP contribution in [0.15, 0.2) is 17.0 Å². The van der Waals surface area contributed by atoms with Gasteiger partial charge in [-0.2, -0.15) is 4.31 Å². The van der Waals surface area contributed by atoms with Crippen molar-refractivity contribution in [3.63, 3.8) is 0 Å². The molecule has 0 spiro atoms. The van der Waals surface area contributed by atoms with Gasteiger partial charge >= 0.3 is 0 Å². The van der Waals surface area contributed by atoms with Crippen LogP contribution in [0.2, 0.25) is 10.0 Å². The molecule has 2 N–H and O–H groups in total. The average Bonchev–Trinajstić information content (AvgIpc) is 2.36. The Kier molecular flexibility index (Phi) is 6.05. The molecule has 10 heteroatoms. The lowest BCUT2D eigenvalue weighted by atomic mass is 10.2. The minimum atomic E-state index is -3.95. The van der Waals surface area contributed by atoms with Gasteiger partial charge in [0.2, 0.25) is 10.0 Å². The van der Waals surface area contributed by atoms with Crippen LogP contribution in [0.3, 0.4) is 0 Å². The Bertz CT molecular complexity index is 733. The maximum absolute atomic E-state index is 12.4. The van der Waals surface area contributed by atoms with E-state index < -0.39 is 19.9 Å². The first-order chi connectivity index (χ1) is 9.49. The summed E-state index contributed by atoms with van der Waals surface area (Å²) in [7, 11) is -5.95. The van der Waals surface area contributed by atoms with Crippen LogP contribution in [0.25, 0.3) is 0 Å². The van der Waals surface area contributed by atoms with E-state index in [0.717, 1.165) is 10.6 Å². The second-order valence-electron chi connectivity index (χ2n) is 4.54. The molecule has 0 amide bonds. The summed E-state index contributed by atoms with van der Waals surface area (Å²) in [6.07, 6.45) is 1.03. The average molecular weight is 375 g/mol. The van der Waals surface area contributed by atoms with Crippen molar-refractivity contribution in [1.29, 1.82) is 0 Å². The lowest BCUT2D eigenvalue weighted by molar-refractivity contribution is 0.485. The molecular weight excluding hydrogens is 359 g/mol. The predicted octanol–water partition coefficient (Wildman–Crippen LogP) is 1.12. The Balaban J connectivity index is 3.22. The molecule has 1 aromatic carbocycles. The van der Waals surface area contributed by atoms with E-state index in [4.69, 9.17) is 28.9 Å². The molecule has 0 aromatic heterocycles. The zero-order valence-electron chi connectivity index (χ0n) is 11.5. The second-order valence-corrected chi connectivity index (χ2v) is 9.63. The number of nitrogens with zero attached hydrogens (tertiary/aromatic N) is 1. The summed E-state index contributed by atoms with van der Waals surface area (Å²) in [4.78, 5) is -0.187. The molecule has 1 aromatic rings. The Morgan fingerprint density at radius 1 is 1.19 bits per heavy atom. The van der Waals surface area contributed by atoms with Gasteiger partial charge in [0, 0.05) is 31.4 Å². The minimum Gasteiger partial charge on any atom is -0.326 e. The van der Waals surface area contributed by atoms with Crippen LogP contribution in [0.4, 0.5) is 0 Å². The standard InChI is InChI=1S/C11H16Cl2N2O4S2/c1-15(3-4-20(2,16)17)21(18,19)10-6-9(12)5-8(7-14)11(10)13/h5-6H,3-4,7,14H2,1-2H3. The quantitative estimate of drug-likeness (QED) is 0.804. The van der Waals surface area contributed by atoms with Crippen molar-refractivity contribution >= 4 is 43.1 Å². The third kappa shape index (κ3) is 4.80. The van der Waals surface area contributed by atoms with E-state index >= 15 is 0 Å². The Labute approximate surface area is 134 Å². The molecule has 120 valence electrons. The number of rotatable bonds is 6. The number of benzene rings is 1. The topological polar surface area (TPSA) is 97.5 Å². The normalized spacial score (nSPS) is 12.9. The van der Waals surface area contributed by atoms with Gasteiger partial charge in [-0.15, -0.1) is 0 Å². The van der Waals surface area contributed by atoms with Gasteiger partial charge < -0.3 is 5.73 Å². The van der Waals surface area contributed by atoms with Crippen molar-refractivity contribution in [3.8, 4) is 0 Å². The third-order valence-corrected chi connectivity index (χ3v) is 6.35. The maximum Gasteiger partial charge on any atom is 0.244 e. The van der Waals surface area contributed by atoms with E-state index in [0.29, 0.717) is 5.56 Å². The monoisotopic (exact) mass is 374 g/mol. The smallest absolute Gasteiger partial charge is 0.244 e. The van der Waals surface area contributed by atoms with Gasteiger partial charge in [0.1, 0.15) is 14.7 Å². The summed E-state index contributed by atoms with van der Waals surface area (Å²) < 4.78 is 48.1. The lowest BCUT2D eigenvalue weighted by Gasteiger charge is -2.18. The van der Waals surface area contributed by atoms with Gasteiger partial charge in [0.15, 0.2) is 0 Å². The molecule has 0 radical (unpaired) electrons. The predicted molar refractivity (Wildman–Crippen MR) is 83.9 cm³/mol. The fraction of sp³-hybridized carbons (Fsp3) is 0.455. The number of sulfone groups is 1. The minimum absolute atomic E-state index is 0.00638. The van der Waals surface area contributed by atoms with Crippen molar-refractivity contribution in [3.05, 3.63) is 27.7 Å². The first-order valence-electron chi connectivity index (χ1n) is 5.81. The van der Waals surface area contributed by atoms with Gasteiger partial charge in [0.25, 0.3) is 0 Å². The van der Waals surface area contributed by atoms with E-state index in [2.05, 4.69) is 0 Å². The summed E-state index contributed by atoms with van der Waals surface area (Å²) in [6.45, 7) is -0.142. The van der Waals surface area contributed by atoms with E-state index in [-0.39, 0.29) is 33.8 Å². The van der Waals surface area contributed by atoms with Crippen LogP contribution in [0.1, 0.15) is 5.56 Å². The van der Waals surface area contributed by atoms with E-state index in [1.807, 2.05) is 0 Å². The van der Waals surface area contributed by atoms with E-state index in [1.165, 1.54) is 19.2 Å². The lowest BCUT2D eigenvalue weighted by Crippen LogP contribution is -2.31. The molecule has 21 heavy (non-hydrogen) atoms. The highest BCUT2D eigenvalue weighted by Crippen LogP contribution is 2.30. The first-order valence-corrected chi connectivity index (χ1v) is 10.1. The van der Waals surface area contributed by atoms with Crippen LogP contribution < -0.4 is 5.73 Å². The van der Waals surface area contributed by atoms with Crippen LogP contribution in [-0.2, 0) is 26.4 Å². The van der Waals surface area contributed by atoms with Crippen molar-refractivity contribution in [2.45, 2.75) is 11.4 Å². The summed E-state index contributed by atoms with van der Waals surface area (Å²) in [6, 6.07) is 2.70. The second kappa shape index (κ2) is 6.80. The van der Waals surface area contributed by atoms with Crippen LogP contribution in [0.5, 0.6) is 0 Å². The van der Waals surface area contributed by atoms with Gasteiger partial charge in [-0.3, -0.25) is 0 Å². The maximum atomic E-state index is 12.4. The summed E-state index contributed by atoms with van der Waals surface area (Å²) in [5.41, 5.74) is 5.89. The Morgan fingerprint density at radius 2 is 1.76 bits per heavy atom. The number of sulfonamides is 1. The van der Waals surface area contributed by atoms with Crippen molar-refractivity contribution in [1.82, 2.24) is 4.31 Å². The molecule has 0 saturated carbocycles. The number of nitrogens with two attached hydrogens (primary N) is 1. The number of halogens is 2. The van der Waals surface area contributed by atoms with Crippen LogP contribution in [-0.4, -0.2) is 46.7 Å². The molecule has 0 aliphatic heterocycles. The van der Waals surface area contributed by atoms with Gasteiger partial charge in [0.05, 0.1) is 10.8 Å². The number of hydrogen-bond donors (Lipinski definition) is 1. The van der Waals surface area contributed by atoms with Gasteiger partial charge in [-0.1, -0.05) is 23.2 Å². The highest BCUT2D eigenvalue weighted by molar-refractivity contribution is 7.91. The van der Waals surface area contributed by atoms with E-state index in [9.17, 15) is 16.8 Å². The van der Waals surface area contributed by atoms with E-state index in [1.54, 1.807) is 0 Å². The molecule has 0 saturated heterocycles. The molecular formula is C11H16Cl2N2O4S2. The van der Waals surface area contributed by atoms with Crippen LogP contribution >= 0.6 is 23.2 Å². The molecule has 0 aliphatic rings. The largest absolute Gasteiger partial charge is 0.326 e. The molecule has 0 atom stereocenters. The SMILES string of the molecule is CN(CCS(C)(=O)=O)S(=O)(=O)c1cc(Cl)cc(CN)c1Cl. The molecule has 0 heterocycles. The zero-order chi connectivity index (χ0) is 16.4. The molecule has 0 bridgehead atoms. The van der Waals surface area contributed by atoms with Crippen molar-refractivity contribution in [2.24, 2.45) is 5.73 Å². The van der Waals surface area contributed by atoms with Crippen molar-refractivity contribution < 1.29 is 16.8 Å². The Hall–Kier alpha value is -0.380. The molecule has 0 aliphatic carbocycles. The zero-order valence-corrected chi connectivity index (χ0v) is 14.7. The van der Waals surface area contributed by atoms with Crippen molar-refractivity contribution in [2.75, 3.05) is 25.6 Å². The summed E-state index contributed by atoms with van der Waals surface area (Å²) in [5.74, 6) is -0.287. The molecule has 0 unspecified atom stereocenters. The number of hydrogen-bond acceptors (Lipinski definition) is 5. The molecule has 0 fully saturated rings. The molecule has 6 nitrogen and oxygen atoms in total. The highest BCUT2D eigenvalue weighted by atomic mass is 35.5. The summed E-state index contributed by atoms with van der Waals surface area (Å²) in [5, 5.41) is 0.183. The fourth-order valence-electron chi connectivity index (χ4n) is 1.54. The Morgan fingerprint density at radius 3 is 2.24 bits per heavy atom. The summed E-state index contributed by atoms with van der Waals surface area (Å²) >= 11 is 11.9. The fourth-order valence-corrected chi connectivity index (χ4v) is 4.34. The van der Waals surface area contributed by atoms with Crippen LogP contribution in [0, 0.1) is 0 Å².